The number of hydrogen-bond donors (Lipinski definition) is 2. The lowest BCUT2D eigenvalue weighted by Crippen LogP contribution is -2.27. The Kier molecular flexibility index (Phi) is 7.61. The van der Waals surface area contributed by atoms with Gasteiger partial charge in [-0.25, -0.2) is 0 Å². The van der Waals surface area contributed by atoms with Crippen LogP contribution in [0.25, 0.3) is 0 Å². The van der Waals surface area contributed by atoms with E-state index >= 15 is 0 Å². The smallest absolute Gasteiger partial charge is 0.226 e. The molecule has 0 atom stereocenters. The first-order valence-corrected chi connectivity index (χ1v) is 9.53. The van der Waals surface area contributed by atoms with Crippen molar-refractivity contribution in [3.05, 3.63) is 50.1 Å². The van der Waals surface area contributed by atoms with E-state index in [0.717, 1.165) is 4.47 Å². The summed E-state index contributed by atoms with van der Waals surface area (Å²) in [5.74, 6) is -0.556. The van der Waals surface area contributed by atoms with Gasteiger partial charge in [0.15, 0.2) is 5.78 Å². The predicted molar refractivity (Wildman–Crippen MR) is 103 cm³/mol. The zero-order valence-corrected chi connectivity index (χ0v) is 16.3. The first-order valence-electron chi connectivity index (χ1n) is 7.54. The minimum atomic E-state index is -0.257. The van der Waals surface area contributed by atoms with Gasteiger partial charge in [-0.1, -0.05) is 27.5 Å². The summed E-state index contributed by atoms with van der Waals surface area (Å²) >= 11 is 10.3. The molecular formula is C17H16BrClN2O3S. The Morgan fingerprint density at radius 3 is 2.32 bits per heavy atom. The molecule has 0 aliphatic rings. The quantitative estimate of drug-likeness (QED) is 0.598. The van der Waals surface area contributed by atoms with Gasteiger partial charge in [-0.3, -0.25) is 14.4 Å². The fourth-order valence-electron chi connectivity index (χ4n) is 1.97. The van der Waals surface area contributed by atoms with Crippen molar-refractivity contribution in [3.63, 3.8) is 0 Å². The van der Waals surface area contributed by atoms with Gasteiger partial charge in [0.2, 0.25) is 11.8 Å². The summed E-state index contributed by atoms with van der Waals surface area (Å²) in [6.07, 6.45) is 0.368. The molecule has 0 spiro atoms. The molecule has 2 N–H and O–H groups in total. The van der Waals surface area contributed by atoms with Crippen LogP contribution in [-0.2, 0) is 9.59 Å². The van der Waals surface area contributed by atoms with Crippen LogP contribution in [0, 0.1) is 0 Å². The number of rotatable bonds is 8. The Bertz CT molecular complexity index is 762. The average molecular weight is 444 g/mol. The number of carbonyl (C=O) groups excluding carboxylic acids is 3. The van der Waals surface area contributed by atoms with Crippen molar-refractivity contribution in [3.8, 4) is 0 Å². The number of nitrogens with one attached hydrogen (secondary N) is 2. The molecule has 1 aromatic carbocycles. The number of thiophene rings is 1. The van der Waals surface area contributed by atoms with Gasteiger partial charge in [0.05, 0.1) is 9.21 Å². The molecule has 25 heavy (non-hydrogen) atoms. The van der Waals surface area contributed by atoms with E-state index in [4.69, 9.17) is 11.6 Å². The first kappa shape index (κ1) is 19.6. The zero-order chi connectivity index (χ0) is 18.2. The lowest BCUT2D eigenvalue weighted by molar-refractivity contribution is -0.121. The number of halogens is 2. The van der Waals surface area contributed by atoms with Gasteiger partial charge in [-0.15, -0.1) is 11.3 Å². The molecule has 2 amide bonds. The van der Waals surface area contributed by atoms with E-state index in [0.29, 0.717) is 14.9 Å². The highest BCUT2D eigenvalue weighted by Gasteiger charge is 2.11. The Balaban J connectivity index is 1.63. The van der Waals surface area contributed by atoms with Crippen molar-refractivity contribution < 1.29 is 14.4 Å². The van der Waals surface area contributed by atoms with Crippen LogP contribution in [0.2, 0.25) is 4.34 Å². The highest BCUT2D eigenvalue weighted by molar-refractivity contribution is 9.10. The summed E-state index contributed by atoms with van der Waals surface area (Å²) in [4.78, 5) is 36.0. The van der Waals surface area contributed by atoms with Gasteiger partial charge in [-0.2, -0.15) is 0 Å². The highest BCUT2D eigenvalue weighted by Crippen LogP contribution is 2.22. The van der Waals surface area contributed by atoms with Crippen LogP contribution in [0.5, 0.6) is 0 Å². The van der Waals surface area contributed by atoms with Crippen molar-refractivity contribution in [1.82, 2.24) is 5.32 Å². The third-order valence-electron chi connectivity index (χ3n) is 3.23. The number of hydrogen-bond acceptors (Lipinski definition) is 4. The number of Topliss-reactive ketones (excluding diaryl/α,β-unsaturated/α-hetero) is 1. The molecule has 2 rings (SSSR count). The molecule has 0 saturated heterocycles. The van der Waals surface area contributed by atoms with Crippen molar-refractivity contribution in [2.45, 2.75) is 19.3 Å². The van der Waals surface area contributed by atoms with E-state index < -0.39 is 0 Å². The third kappa shape index (κ3) is 6.97. The summed E-state index contributed by atoms with van der Waals surface area (Å²) in [5, 5.41) is 5.38. The minimum Gasteiger partial charge on any atom is -0.356 e. The van der Waals surface area contributed by atoms with Crippen molar-refractivity contribution >= 4 is 62.2 Å². The van der Waals surface area contributed by atoms with Crippen LogP contribution in [0.4, 0.5) is 5.69 Å². The van der Waals surface area contributed by atoms with Crippen molar-refractivity contribution in [2.75, 3.05) is 11.9 Å². The summed E-state index contributed by atoms with van der Waals surface area (Å²) in [6.45, 7) is 0.222. The van der Waals surface area contributed by atoms with E-state index in [9.17, 15) is 14.4 Å². The minimum absolute atomic E-state index is 0.0860. The fraction of sp³-hybridized carbons (Fsp3) is 0.235. The molecular weight excluding hydrogens is 428 g/mol. The molecule has 5 nitrogen and oxygen atoms in total. The third-order valence-corrected chi connectivity index (χ3v) is 5.03. The summed E-state index contributed by atoms with van der Waals surface area (Å²) in [5.41, 5.74) is 0.694. The summed E-state index contributed by atoms with van der Waals surface area (Å²) in [7, 11) is 0. The molecule has 0 unspecified atom stereocenters. The summed E-state index contributed by atoms with van der Waals surface area (Å²) < 4.78 is 1.47. The van der Waals surface area contributed by atoms with E-state index in [1.807, 2.05) is 12.1 Å². The Morgan fingerprint density at radius 2 is 1.68 bits per heavy atom. The number of benzene rings is 1. The Labute approximate surface area is 162 Å². The maximum atomic E-state index is 11.9. The maximum absolute atomic E-state index is 11.9. The van der Waals surface area contributed by atoms with E-state index in [-0.39, 0.29) is 43.4 Å². The van der Waals surface area contributed by atoms with Gasteiger partial charge in [-0.05, 0) is 36.4 Å². The molecule has 0 aliphatic heterocycles. The van der Waals surface area contributed by atoms with Crippen LogP contribution >= 0.6 is 38.9 Å². The molecule has 1 heterocycles. The Hall–Kier alpha value is -1.70. The maximum Gasteiger partial charge on any atom is 0.226 e. The van der Waals surface area contributed by atoms with E-state index in [1.54, 1.807) is 24.3 Å². The molecule has 0 radical (unpaired) electrons. The average Bonchev–Trinajstić information content (AvgIpc) is 3.01. The van der Waals surface area contributed by atoms with Gasteiger partial charge in [0, 0.05) is 36.0 Å². The summed E-state index contributed by atoms with van der Waals surface area (Å²) in [6, 6.07) is 10.5. The molecule has 0 bridgehead atoms. The SMILES string of the molecule is O=C(CCC(=O)c1ccc(Cl)s1)NCCC(=O)Nc1ccc(Br)cc1. The monoisotopic (exact) mass is 442 g/mol. The normalized spacial score (nSPS) is 10.3. The fourth-order valence-corrected chi connectivity index (χ4v) is 3.25. The molecule has 0 saturated carbocycles. The number of carbonyl (C=O) groups is 3. The van der Waals surface area contributed by atoms with Gasteiger partial charge >= 0.3 is 0 Å². The molecule has 132 valence electrons. The topological polar surface area (TPSA) is 75.3 Å². The zero-order valence-electron chi connectivity index (χ0n) is 13.2. The predicted octanol–water partition coefficient (Wildman–Crippen LogP) is 4.27. The van der Waals surface area contributed by atoms with Crippen LogP contribution < -0.4 is 10.6 Å². The van der Waals surface area contributed by atoms with Crippen molar-refractivity contribution in [2.24, 2.45) is 0 Å². The Morgan fingerprint density at radius 1 is 0.960 bits per heavy atom. The number of anilines is 1. The molecule has 1 aromatic heterocycles. The lowest BCUT2D eigenvalue weighted by atomic mass is 10.2. The molecule has 0 fully saturated rings. The lowest BCUT2D eigenvalue weighted by Gasteiger charge is -2.07. The first-order chi connectivity index (χ1) is 11.9. The van der Waals surface area contributed by atoms with Crippen LogP contribution in [0.15, 0.2) is 40.9 Å². The second-order valence-corrected chi connectivity index (χ2v) is 7.81. The van der Waals surface area contributed by atoms with Gasteiger partial charge in [0.1, 0.15) is 0 Å². The van der Waals surface area contributed by atoms with Gasteiger partial charge in [0.25, 0.3) is 0 Å². The molecule has 8 heteroatoms. The van der Waals surface area contributed by atoms with Crippen LogP contribution in [0.3, 0.4) is 0 Å². The second-order valence-electron chi connectivity index (χ2n) is 5.18. The number of amides is 2. The van der Waals surface area contributed by atoms with Crippen LogP contribution in [-0.4, -0.2) is 24.1 Å². The van der Waals surface area contributed by atoms with E-state index in [2.05, 4.69) is 26.6 Å². The standard InChI is InChI=1S/C17H16BrClN2O3S/c18-11-1-3-12(4-2-11)21-17(24)9-10-20-16(23)8-5-13(22)14-6-7-15(19)25-14/h1-4,6-7H,5,8-10H2,(H,20,23)(H,21,24). The van der Waals surface area contributed by atoms with Crippen molar-refractivity contribution in [1.29, 1.82) is 0 Å². The van der Waals surface area contributed by atoms with Gasteiger partial charge < -0.3 is 10.6 Å². The molecule has 0 aliphatic carbocycles. The molecule has 2 aromatic rings. The second kappa shape index (κ2) is 9.70. The largest absolute Gasteiger partial charge is 0.356 e. The number of ketones is 1. The van der Waals surface area contributed by atoms with Crippen LogP contribution in [0.1, 0.15) is 28.9 Å². The van der Waals surface area contributed by atoms with E-state index in [1.165, 1.54) is 11.3 Å². The highest BCUT2D eigenvalue weighted by atomic mass is 79.9.